The molecule has 5 nitrogen and oxygen atoms in total. The van der Waals surface area contributed by atoms with Gasteiger partial charge in [-0.2, -0.15) is 5.10 Å². The van der Waals surface area contributed by atoms with Gasteiger partial charge in [-0.15, -0.1) is 17.9 Å². The zero-order valence-corrected chi connectivity index (χ0v) is 18.9. The first-order valence-electron chi connectivity index (χ1n) is 9.65. The van der Waals surface area contributed by atoms with Crippen molar-refractivity contribution in [3.05, 3.63) is 75.4 Å². The van der Waals surface area contributed by atoms with E-state index < -0.39 is 0 Å². The van der Waals surface area contributed by atoms with Crippen molar-refractivity contribution in [2.45, 2.75) is 20.8 Å². The zero-order valence-electron chi connectivity index (χ0n) is 18.1. The lowest BCUT2D eigenvalue weighted by atomic mass is 10.0. The SMILES string of the molecule is C=CCN=c1scc(-c2ccc(OC)cc2OC)n1N=Cc1c(C)cc(C)cc1C. The highest BCUT2D eigenvalue weighted by molar-refractivity contribution is 7.07. The molecule has 3 aromatic rings. The van der Waals surface area contributed by atoms with Crippen molar-refractivity contribution >= 4 is 17.6 Å². The second kappa shape index (κ2) is 9.59. The lowest BCUT2D eigenvalue weighted by Gasteiger charge is -2.11. The average Bonchev–Trinajstić information content (AvgIpc) is 3.13. The molecule has 156 valence electrons. The van der Waals surface area contributed by atoms with Crippen LogP contribution in [0, 0.1) is 20.8 Å². The average molecular weight is 422 g/mol. The molecule has 0 saturated carbocycles. The number of thiazole rings is 1. The molecule has 0 spiro atoms. The van der Waals surface area contributed by atoms with Crippen LogP contribution in [-0.2, 0) is 0 Å². The fourth-order valence-corrected chi connectivity index (χ4v) is 4.21. The molecule has 3 rings (SSSR count). The number of rotatable bonds is 7. The van der Waals surface area contributed by atoms with Gasteiger partial charge in [-0.1, -0.05) is 23.8 Å². The van der Waals surface area contributed by atoms with E-state index in [4.69, 9.17) is 14.6 Å². The third-order valence-corrected chi connectivity index (χ3v) is 5.62. The molecule has 0 atom stereocenters. The summed E-state index contributed by atoms with van der Waals surface area (Å²) in [6.45, 7) is 10.6. The standard InChI is InChI=1S/C24H27N3O2S/c1-7-10-25-24-27(26-14-21-17(3)11-16(2)12-18(21)4)22(15-30-24)20-9-8-19(28-5)13-23(20)29-6/h7-9,11-15H,1,10H2,2-6H3. The summed E-state index contributed by atoms with van der Waals surface area (Å²) in [6.07, 6.45) is 3.68. The Labute approximate surface area is 181 Å². The molecule has 0 saturated heterocycles. The van der Waals surface area contributed by atoms with Crippen LogP contribution in [0.5, 0.6) is 11.5 Å². The maximum Gasteiger partial charge on any atom is 0.206 e. The van der Waals surface area contributed by atoms with Gasteiger partial charge in [-0.05, 0) is 44.0 Å². The molecule has 1 heterocycles. The zero-order chi connectivity index (χ0) is 21.7. The minimum absolute atomic E-state index is 0.526. The molecular weight excluding hydrogens is 394 g/mol. The third-order valence-electron chi connectivity index (χ3n) is 4.77. The second-order valence-corrected chi connectivity index (χ2v) is 7.80. The Balaban J connectivity index is 2.17. The van der Waals surface area contributed by atoms with E-state index in [0.717, 1.165) is 27.4 Å². The number of aryl methyl sites for hydroxylation is 3. The van der Waals surface area contributed by atoms with Crippen LogP contribution >= 0.6 is 11.3 Å². The highest BCUT2D eigenvalue weighted by atomic mass is 32.1. The van der Waals surface area contributed by atoms with Gasteiger partial charge in [0.25, 0.3) is 0 Å². The first-order chi connectivity index (χ1) is 14.5. The monoisotopic (exact) mass is 421 g/mol. The second-order valence-electron chi connectivity index (χ2n) is 6.97. The van der Waals surface area contributed by atoms with Crippen molar-refractivity contribution in [1.29, 1.82) is 0 Å². The van der Waals surface area contributed by atoms with Gasteiger partial charge in [-0.25, -0.2) is 4.68 Å². The van der Waals surface area contributed by atoms with E-state index in [0.29, 0.717) is 12.3 Å². The van der Waals surface area contributed by atoms with E-state index in [1.54, 1.807) is 20.3 Å². The summed E-state index contributed by atoms with van der Waals surface area (Å²) < 4.78 is 12.8. The van der Waals surface area contributed by atoms with Crippen molar-refractivity contribution in [3.8, 4) is 22.8 Å². The quantitative estimate of drug-likeness (QED) is 0.392. The Hall–Kier alpha value is -3.12. The molecule has 0 aliphatic rings. The number of hydrogen-bond acceptors (Lipinski definition) is 5. The predicted molar refractivity (Wildman–Crippen MR) is 125 cm³/mol. The molecule has 0 amide bonds. The third kappa shape index (κ3) is 4.54. The van der Waals surface area contributed by atoms with Crippen molar-refractivity contribution in [2.75, 3.05) is 20.8 Å². The summed E-state index contributed by atoms with van der Waals surface area (Å²) in [6, 6.07) is 10.1. The van der Waals surface area contributed by atoms with Crippen LogP contribution in [0.15, 0.2) is 58.5 Å². The molecule has 0 bridgehead atoms. The molecule has 0 fully saturated rings. The number of aromatic nitrogens is 1. The highest BCUT2D eigenvalue weighted by Gasteiger charge is 2.14. The Morgan fingerprint density at radius 1 is 1.07 bits per heavy atom. The minimum Gasteiger partial charge on any atom is -0.497 e. The fraction of sp³-hybridized carbons (Fsp3) is 0.250. The Morgan fingerprint density at radius 2 is 1.80 bits per heavy atom. The van der Waals surface area contributed by atoms with Gasteiger partial charge in [0.05, 0.1) is 32.7 Å². The highest BCUT2D eigenvalue weighted by Crippen LogP contribution is 2.33. The largest absolute Gasteiger partial charge is 0.497 e. The fourth-order valence-electron chi connectivity index (χ4n) is 3.37. The van der Waals surface area contributed by atoms with E-state index >= 15 is 0 Å². The number of hydrogen-bond donors (Lipinski definition) is 0. The van der Waals surface area contributed by atoms with Gasteiger partial charge in [0, 0.05) is 22.6 Å². The number of benzene rings is 2. The Morgan fingerprint density at radius 3 is 2.43 bits per heavy atom. The molecule has 0 aliphatic carbocycles. The molecule has 0 unspecified atom stereocenters. The van der Waals surface area contributed by atoms with E-state index in [1.807, 2.05) is 34.5 Å². The van der Waals surface area contributed by atoms with Crippen LogP contribution in [0.3, 0.4) is 0 Å². The lowest BCUT2D eigenvalue weighted by molar-refractivity contribution is 0.395. The molecule has 0 N–H and O–H groups in total. The van der Waals surface area contributed by atoms with Gasteiger partial charge < -0.3 is 9.47 Å². The van der Waals surface area contributed by atoms with Crippen molar-refractivity contribution < 1.29 is 9.47 Å². The van der Waals surface area contributed by atoms with Crippen molar-refractivity contribution in [1.82, 2.24) is 4.68 Å². The summed E-state index contributed by atoms with van der Waals surface area (Å²) in [4.78, 5) is 5.41. The Bertz CT molecular complexity index is 1130. The normalized spacial score (nSPS) is 11.8. The first kappa shape index (κ1) is 21.6. The lowest BCUT2D eigenvalue weighted by Crippen LogP contribution is -2.13. The first-order valence-corrected chi connectivity index (χ1v) is 10.5. The summed E-state index contributed by atoms with van der Waals surface area (Å²) in [5.74, 6) is 1.46. The maximum atomic E-state index is 5.61. The van der Waals surface area contributed by atoms with E-state index in [-0.39, 0.29) is 0 Å². The molecule has 30 heavy (non-hydrogen) atoms. The summed E-state index contributed by atoms with van der Waals surface area (Å²) in [5.41, 5.74) is 6.57. The minimum atomic E-state index is 0.526. The van der Waals surface area contributed by atoms with Crippen LogP contribution in [0.1, 0.15) is 22.3 Å². The molecular formula is C24H27N3O2S. The molecule has 0 aliphatic heterocycles. The van der Waals surface area contributed by atoms with Crippen LogP contribution in [0.4, 0.5) is 0 Å². The Kier molecular flexibility index (Phi) is 6.90. The molecule has 1 aromatic heterocycles. The van der Waals surface area contributed by atoms with E-state index in [1.165, 1.54) is 28.0 Å². The topological polar surface area (TPSA) is 48.1 Å². The van der Waals surface area contributed by atoms with E-state index in [2.05, 4.69) is 44.5 Å². The van der Waals surface area contributed by atoms with E-state index in [9.17, 15) is 0 Å². The summed E-state index contributed by atoms with van der Waals surface area (Å²) in [7, 11) is 3.29. The molecule has 2 aromatic carbocycles. The van der Waals surface area contributed by atoms with Crippen molar-refractivity contribution in [2.24, 2.45) is 10.1 Å². The number of nitrogens with zero attached hydrogens (tertiary/aromatic N) is 3. The molecule has 0 radical (unpaired) electrons. The van der Waals surface area contributed by atoms with Crippen LogP contribution in [0.2, 0.25) is 0 Å². The van der Waals surface area contributed by atoms with Crippen LogP contribution in [-0.4, -0.2) is 31.7 Å². The number of methoxy groups -OCH3 is 2. The van der Waals surface area contributed by atoms with Gasteiger partial charge >= 0.3 is 0 Å². The maximum absolute atomic E-state index is 5.61. The van der Waals surface area contributed by atoms with Gasteiger partial charge in [0.1, 0.15) is 11.5 Å². The predicted octanol–water partition coefficient (Wildman–Crippen LogP) is 5.13. The number of ether oxygens (including phenoxy) is 2. The van der Waals surface area contributed by atoms with Crippen LogP contribution in [0.25, 0.3) is 11.3 Å². The smallest absolute Gasteiger partial charge is 0.206 e. The van der Waals surface area contributed by atoms with Gasteiger partial charge in [0.2, 0.25) is 4.80 Å². The van der Waals surface area contributed by atoms with Gasteiger partial charge in [0.15, 0.2) is 0 Å². The molecule has 6 heteroatoms. The summed E-state index contributed by atoms with van der Waals surface area (Å²) in [5, 5.41) is 6.86. The van der Waals surface area contributed by atoms with Crippen molar-refractivity contribution in [3.63, 3.8) is 0 Å². The van der Waals surface area contributed by atoms with Gasteiger partial charge in [-0.3, -0.25) is 4.99 Å². The summed E-state index contributed by atoms with van der Waals surface area (Å²) >= 11 is 1.53. The van der Waals surface area contributed by atoms with Crippen LogP contribution < -0.4 is 14.3 Å².